The van der Waals surface area contributed by atoms with Gasteiger partial charge in [0, 0.05) is 43.2 Å². The zero-order valence-electron chi connectivity index (χ0n) is 22.7. The lowest BCUT2D eigenvalue weighted by atomic mass is 9.81. The topological polar surface area (TPSA) is 66.0 Å². The van der Waals surface area contributed by atoms with Crippen molar-refractivity contribution in [2.24, 2.45) is 22.4 Å². The van der Waals surface area contributed by atoms with Crippen molar-refractivity contribution in [2.75, 3.05) is 13.1 Å². The molecule has 1 fully saturated rings. The molecule has 1 saturated heterocycles. The number of aliphatic hydroxyl groups excluding tert-OH is 1. The Morgan fingerprint density at radius 1 is 1.21 bits per heavy atom. The van der Waals surface area contributed by atoms with Gasteiger partial charge in [-0.1, -0.05) is 19.9 Å². The lowest BCUT2D eigenvalue weighted by molar-refractivity contribution is 0.0404. The number of likely N-dealkylation sites (tertiary alicyclic amines) is 1. The second kappa shape index (κ2) is 9.82. The summed E-state index contributed by atoms with van der Waals surface area (Å²) in [5.74, 6) is -1.37. The number of nitrogens with zero attached hydrogens (tertiary/aromatic N) is 5. The van der Waals surface area contributed by atoms with E-state index in [9.17, 15) is 9.50 Å². The number of aryl methyl sites for hydroxylation is 2. The Morgan fingerprint density at radius 2 is 1.97 bits per heavy atom. The number of allylic oxidation sites excluding steroid dienone is 1. The quantitative estimate of drug-likeness (QED) is 0.396. The molecule has 5 rings (SSSR count). The van der Waals surface area contributed by atoms with Crippen LogP contribution in [0.15, 0.2) is 51.6 Å². The van der Waals surface area contributed by atoms with Gasteiger partial charge in [0.05, 0.1) is 22.6 Å². The van der Waals surface area contributed by atoms with Crippen molar-refractivity contribution >= 4 is 29.0 Å². The molecule has 3 heterocycles. The van der Waals surface area contributed by atoms with Gasteiger partial charge in [0.1, 0.15) is 11.6 Å². The highest BCUT2D eigenvalue weighted by molar-refractivity contribution is 6.07. The Kier molecular flexibility index (Phi) is 6.82. The van der Waals surface area contributed by atoms with Crippen LogP contribution in [0.25, 0.3) is 10.9 Å². The maximum absolute atomic E-state index is 15.6. The number of hydrogen-bond acceptors (Lipinski definition) is 5. The first-order chi connectivity index (χ1) is 18.0. The predicted molar refractivity (Wildman–Crippen MR) is 148 cm³/mol. The lowest BCUT2D eigenvalue weighted by Crippen LogP contribution is -2.37. The van der Waals surface area contributed by atoms with Gasteiger partial charge >= 0.3 is 0 Å². The van der Waals surface area contributed by atoms with E-state index in [1.165, 1.54) is 12.1 Å². The van der Waals surface area contributed by atoms with Crippen molar-refractivity contribution in [3.8, 4) is 0 Å². The number of fused-ring (bicyclic) bond motifs is 1. The van der Waals surface area contributed by atoms with Crippen LogP contribution in [-0.2, 0) is 7.05 Å². The summed E-state index contributed by atoms with van der Waals surface area (Å²) in [6.07, 6.45) is 1.60. The molecule has 2 aromatic carbocycles. The van der Waals surface area contributed by atoms with Crippen LogP contribution in [0.5, 0.6) is 0 Å². The molecule has 2 aliphatic heterocycles. The van der Waals surface area contributed by atoms with Gasteiger partial charge in [-0.05, 0) is 80.1 Å². The summed E-state index contributed by atoms with van der Waals surface area (Å²) in [4.78, 5) is 10.7. The first kappa shape index (κ1) is 26.4. The van der Waals surface area contributed by atoms with E-state index >= 15 is 4.39 Å². The molecule has 200 valence electrons. The van der Waals surface area contributed by atoms with E-state index in [1.54, 1.807) is 16.8 Å². The Morgan fingerprint density at radius 3 is 2.63 bits per heavy atom. The zero-order chi connectivity index (χ0) is 27.4. The molecule has 2 aliphatic rings. The summed E-state index contributed by atoms with van der Waals surface area (Å²) >= 11 is 0. The van der Waals surface area contributed by atoms with Gasteiger partial charge < -0.3 is 5.11 Å². The molecule has 6 nitrogen and oxygen atoms in total. The standard InChI is InChI=1S/C30H35F2N5O/c1-7-30(4)10-11-37(16-30)29(38)27-17(2)12-22(28(34-27)19-8-9-25(33-5)24(32)13-19)21-14-20-18(3)36(6)35-26(20)15-23(21)31/h8-9,13-15,22,29,38H,5,7,10-12,16H2,1-4,6H3/t22?,29?,30-/m1/s1. The van der Waals surface area contributed by atoms with Crippen molar-refractivity contribution in [1.29, 1.82) is 0 Å². The third kappa shape index (κ3) is 4.50. The molecule has 1 N–H and O–H groups in total. The first-order valence-electron chi connectivity index (χ1n) is 13.1. The second-order valence-corrected chi connectivity index (χ2v) is 11.1. The maximum atomic E-state index is 15.6. The third-order valence-corrected chi connectivity index (χ3v) is 8.59. The van der Waals surface area contributed by atoms with Gasteiger partial charge in [-0.3, -0.25) is 19.6 Å². The number of halogens is 2. The molecule has 0 amide bonds. The minimum Gasteiger partial charge on any atom is -0.372 e. The van der Waals surface area contributed by atoms with E-state index in [1.807, 2.05) is 27.0 Å². The van der Waals surface area contributed by atoms with E-state index in [0.717, 1.165) is 42.6 Å². The molecular formula is C30H35F2N5O. The number of aliphatic hydroxyl groups is 1. The Hall–Kier alpha value is -3.23. The van der Waals surface area contributed by atoms with Gasteiger partial charge in [0.25, 0.3) is 0 Å². The number of hydrogen-bond donors (Lipinski definition) is 1. The van der Waals surface area contributed by atoms with Crippen LogP contribution in [0, 0.1) is 24.0 Å². The largest absolute Gasteiger partial charge is 0.372 e. The van der Waals surface area contributed by atoms with Crippen molar-refractivity contribution in [3.63, 3.8) is 0 Å². The molecule has 3 aromatic rings. The van der Waals surface area contributed by atoms with E-state index in [0.29, 0.717) is 34.5 Å². The average molecular weight is 520 g/mol. The predicted octanol–water partition coefficient (Wildman–Crippen LogP) is 6.18. The van der Waals surface area contributed by atoms with Gasteiger partial charge in [-0.25, -0.2) is 8.78 Å². The molecule has 1 aromatic heterocycles. The summed E-state index contributed by atoms with van der Waals surface area (Å²) in [7, 11) is 1.83. The van der Waals surface area contributed by atoms with Crippen molar-refractivity contribution in [3.05, 3.63) is 70.1 Å². The fourth-order valence-corrected chi connectivity index (χ4v) is 5.77. The van der Waals surface area contributed by atoms with E-state index in [-0.39, 0.29) is 16.9 Å². The number of rotatable bonds is 6. The average Bonchev–Trinajstić information content (AvgIpc) is 3.42. The van der Waals surface area contributed by atoms with Crippen molar-refractivity contribution in [2.45, 2.75) is 59.1 Å². The van der Waals surface area contributed by atoms with Crippen LogP contribution in [-0.4, -0.2) is 51.5 Å². The molecule has 0 bridgehead atoms. The lowest BCUT2D eigenvalue weighted by Gasteiger charge is -2.32. The van der Waals surface area contributed by atoms with Crippen LogP contribution in [0.1, 0.15) is 62.8 Å². The number of aliphatic imine (C=N–C) groups is 2. The van der Waals surface area contributed by atoms with Gasteiger partial charge in [0.15, 0.2) is 6.23 Å². The van der Waals surface area contributed by atoms with Crippen molar-refractivity contribution < 1.29 is 13.9 Å². The van der Waals surface area contributed by atoms with Crippen LogP contribution in [0.4, 0.5) is 14.5 Å². The fourth-order valence-electron chi connectivity index (χ4n) is 5.77. The van der Waals surface area contributed by atoms with Crippen LogP contribution >= 0.6 is 0 Å². The van der Waals surface area contributed by atoms with Crippen LogP contribution in [0.3, 0.4) is 0 Å². The minimum absolute atomic E-state index is 0.142. The molecule has 0 spiro atoms. The molecule has 0 aliphatic carbocycles. The Bertz CT molecular complexity index is 1490. The molecule has 2 unspecified atom stereocenters. The third-order valence-electron chi connectivity index (χ3n) is 8.59. The molecule has 0 radical (unpaired) electrons. The highest BCUT2D eigenvalue weighted by Gasteiger charge is 2.38. The minimum atomic E-state index is -0.883. The Labute approximate surface area is 222 Å². The van der Waals surface area contributed by atoms with Crippen LogP contribution < -0.4 is 0 Å². The molecule has 3 atom stereocenters. The first-order valence-corrected chi connectivity index (χ1v) is 13.1. The van der Waals surface area contributed by atoms with E-state index < -0.39 is 18.0 Å². The van der Waals surface area contributed by atoms with Gasteiger partial charge in [-0.2, -0.15) is 5.10 Å². The number of benzene rings is 2. The normalized spacial score (nSPS) is 23.3. The Balaban J connectivity index is 1.62. The fraction of sp³-hybridized carbons (Fsp3) is 0.433. The molecular weight excluding hydrogens is 484 g/mol. The highest BCUT2D eigenvalue weighted by Crippen LogP contribution is 2.41. The monoisotopic (exact) mass is 519 g/mol. The molecule has 0 saturated carbocycles. The molecule has 38 heavy (non-hydrogen) atoms. The number of aromatic nitrogens is 2. The summed E-state index contributed by atoms with van der Waals surface area (Å²) in [6, 6.07) is 7.96. The summed E-state index contributed by atoms with van der Waals surface area (Å²) < 4.78 is 32.2. The maximum Gasteiger partial charge on any atom is 0.150 e. The second-order valence-electron chi connectivity index (χ2n) is 11.1. The van der Waals surface area contributed by atoms with Gasteiger partial charge in [0.2, 0.25) is 0 Å². The van der Waals surface area contributed by atoms with E-state index in [4.69, 9.17) is 4.99 Å². The summed E-state index contributed by atoms with van der Waals surface area (Å²) in [5, 5.41) is 16.7. The SMILES string of the molecule is C=Nc1ccc(C2=NC(C(O)N3CC[C@@](C)(CC)C3)=C(C)CC2c2cc3c(C)n(C)nc3cc2F)cc1F. The zero-order valence-corrected chi connectivity index (χ0v) is 22.7. The smallest absolute Gasteiger partial charge is 0.150 e. The van der Waals surface area contributed by atoms with Crippen LogP contribution in [0.2, 0.25) is 0 Å². The molecule has 8 heteroatoms. The summed E-state index contributed by atoms with van der Waals surface area (Å²) in [5.41, 5.74) is 4.79. The van der Waals surface area contributed by atoms with Gasteiger partial charge in [-0.15, -0.1) is 0 Å². The van der Waals surface area contributed by atoms with Crippen molar-refractivity contribution in [1.82, 2.24) is 14.7 Å². The summed E-state index contributed by atoms with van der Waals surface area (Å²) in [6.45, 7) is 13.3. The van der Waals surface area contributed by atoms with E-state index in [2.05, 4.69) is 35.6 Å². The highest BCUT2D eigenvalue weighted by atomic mass is 19.1.